The summed E-state index contributed by atoms with van der Waals surface area (Å²) in [5.41, 5.74) is 0. The normalized spacial score (nSPS) is 14.0. The van der Waals surface area contributed by atoms with Crippen molar-refractivity contribution < 1.29 is 69.8 Å². The molecule has 0 aliphatic rings. The third-order valence-corrected chi connectivity index (χ3v) is 0. The van der Waals surface area contributed by atoms with E-state index in [-0.39, 0.29) is 37.7 Å². The van der Waals surface area contributed by atoms with Crippen molar-refractivity contribution in [2.24, 2.45) is 0 Å². The summed E-state index contributed by atoms with van der Waals surface area (Å²) in [6, 6.07) is 0. The zero-order chi connectivity index (χ0) is 5.45. The van der Waals surface area contributed by atoms with Crippen molar-refractivity contribution in [3.63, 3.8) is 0 Å². The average molecular weight is 149 g/mol. The molecule has 0 atom stereocenters. The molecule has 0 radical (unpaired) electrons. The molecule has 0 saturated heterocycles. The van der Waals surface area contributed by atoms with Crippen LogP contribution in [0.2, 0.25) is 0 Å². The van der Waals surface area contributed by atoms with Gasteiger partial charge in [-0.05, 0) is 0 Å². The Balaban J connectivity index is -0.000000125. The summed E-state index contributed by atoms with van der Waals surface area (Å²) in [6.45, 7) is 0. The van der Waals surface area contributed by atoms with Gasteiger partial charge >= 0.3 is 69.8 Å². The zero-order valence-electron chi connectivity index (χ0n) is 4.42. The monoisotopic (exact) mass is 149 g/mol. The minimum absolute atomic E-state index is 0. The fourth-order valence-electron chi connectivity index (χ4n) is 0. The van der Waals surface area contributed by atoms with Crippen LogP contribution in [0.15, 0.2) is 0 Å². The molecular formula is Li2MnO5. The number of hydrogen-bond acceptors (Lipinski definition) is 5. The molecule has 0 N–H and O–H groups in total. The Morgan fingerprint density at radius 2 is 0.875 bits per heavy atom. The van der Waals surface area contributed by atoms with Crippen LogP contribution in [0.3, 0.4) is 0 Å². The van der Waals surface area contributed by atoms with Crippen LogP contribution in [0, 0.1) is 0 Å². The molecule has 0 amide bonds. The summed E-state index contributed by atoms with van der Waals surface area (Å²) < 4.78 is 43.1. The Labute approximate surface area is 69.6 Å². The van der Waals surface area contributed by atoms with E-state index in [1.165, 1.54) is 0 Å². The van der Waals surface area contributed by atoms with Crippen LogP contribution in [0.1, 0.15) is 0 Å². The van der Waals surface area contributed by atoms with Gasteiger partial charge in [0.2, 0.25) is 0 Å². The van der Waals surface area contributed by atoms with Crippen molar-refractivity contribution in [2.45, 2.75) is 0 Å². The van der Waals surface area contributed by atoms with E-state index >= 15 is 0 Å². The maximum absolute atomic E-state index is 8.61. The van der Waals surface area contributed by atoms with Crippen molar-refractivity contribution in [2.75, 3.05) is 0 Å². The fourth-order valence-corrected chi connectivity index (χ4v) is 0. The van der Waals surface area contributed by atoms with Crippen LogP contribution >= 0.6 is 0 Å². The van der Waals surface area contributed by atoms with Gasteiger partial charge in [-0.2, -0.15) is 0 Å². The first-order valence-electron chi connectivity index (χ1n) is 0.772. The van der Waals surface area contributed by atoms with Gasteiger partial charge in [0.15, 0.2) is 0 Å². The fraction of sp³-hybridized carbons (Fsp3) is 0. The topological polar surface area (TPSA) is 97.3 Å². The quantitative estimate of drug-likeness (QED) is 0.318. The van der Waals surface area contributed by atoms with Crippen LogP contribution in [-0.2, 0) is 23.7 Å². The minimum atomic E-state index is -7.51. The van der Waals surface area contributed by atoms with Crippen LogP contribution in [0.5, 0.6) is 0 Å². The predicted molar refractivity (Wildman–Crippen MR) is 2.06 cm³/mol. The summed E-state index contributed by atoms with van der Waals surface area (Å²) >= 11 is -7.51. The Kier molecular flexibility index (Phi) is 6.54. The molecular weight excluding hydrogens is 149 g/mol. The standard InChI is InChI=1S/2Li.Mn.5O/q2*+1;;;;;2*-1. The second kappa shape index (κ2) is 3.27. The molecule has 0 aromatic carbocycles. The van der Waals surface area contributed by atoms with Gasteiger partial charge in [-0.15, -0.1) is 0 Å². The molecule has 0 aliphatic heterocycles. The molecule has 0 heterocycles. The van der Waals surface area contributed by atoms with E-state index < -0.39 is 12.2 Å². The van der Waals surface area contributed by atoms with Crippen LogP contribution in [0.25, 0.3) is 0 Å². The van der Waals surface area contributed by atoms with E-state index in [1.807, 2.05) is 0 Å². The van der Waals surface area contributed by atoms with Crippen LogP contribution in [0.4, 0.5) is 0 Å². The molecule has 8 heavy (non-hydrogen) atoms. The molecule has 0 bridgehead atoms. The molecule has 0 spiro atoms. The first kappa shape index (κ1) is 16.0. The molecule has 0 aromatic rings. The van der Waals surface area contributed by atoms with Crippen molar-refractivity contribution in [1.29, 1.82) is 0 Å². The second-order valence-corrected chi connectivity index (χ2v) is 2.60. The van der Waals surface area contributed by atoms with Crippen molar-refractivity contribution in [3.8, 4) is 0 Å². The molecule has 0 unspecified atom stereocenters. The third kappa shape index (κ3) is 239. The van der Waals surface area contributed by atoms with E-state index in [2.05, 4.69) is 0 Å². The van der Waals surface area contributed by atoms with Crippen molar-refractivity contribution in [1.82, 2.24) is 0 Å². The summed E-state index contributed by atoms with van der Waals surface area (Å²) in [6.07, 6.45) is 0. The number of hydrogen-bond donors (Lipinski definition) is 0. The maximum atomic E-state index is 8.61. The summed E-state index contributed by atoms with van der Waals surface area (Å²) in [5.74, 6) is 0. The summed E-state index contributed by atoms with van der Waals surface area (Å²) in [5, 5.41) is 0. The molecule has 0 fully saturated rings. The van der Waals surface area contributed by atoms with Gasteiger partial charge in [-0.1, -0.05) is 0 Å². The third-order valence-electron chi connectivity index (χ3n) is 0. The van der Waals surface area contributed by atoms with Crippen molar-refractivity contribution in [3.05, 3.63) is 0 Å². The SMILES string of the molecule is [Li+].[Li+].[O]=[Mn](=[O])(=[O])([O-])[O-]. The van der Waals surface area contributed by atoms with Crippen LogP contribution < -0.4 is 46.1 Å². The first-order valence-corrected chi connectivity index (χ1v) is 3.18. The Morgan fingerprint density at radius 3 is 0.875 bits per heavy atom. The van der Waals surface area contributed by atoms with E-state index in [4.69, 9.17) is 19.9 Å². The van der Waals surface area contributed by atoms with Gasteiger partial charge in [-0.25, -0.2) is 0 Å². The predicted octanol–water partition coefficient (Wildman–Crippen LogP) is -8.73. The second-order valence-electron chi connectivity index (χ2n) is 0.630. The molecule has 39 valence electrons. The Hall–Kier alpha value is 1.03. The van der Waals surface area contributed by atoms with Gasteiger partial charge in [0.25, 0.3) is 0 Å². The van der Waals surface area contributed by atoms with Gasteiger partial charge in [-0.3, -0.25) is 0 Å². The Bertz CT molecular complexity index is 189. The van der Waals surface area contributed by atoms with Gasteiger partial charge < -0.3 is 0 Å². The first-order chi connectivity index (χ1) is 2.24. The molecule has 0 saturated carbocycles. The van der Waals surface area contributed by atoms with Gasteiger partial charge in [0.1, 0.15) is 0 Å². The van der Waals surface area contributed by atoms with E-state index in [9.17, 15) is 0 Å². The number of rotatable bonds is 0. The van der Waals surface area contributed by atoms with E-state index in [0.717, 1.165) is 0 Å². The zero-order valence-corrected chi connectivity index (χ0v) is 5.60. The van der Waals surface area contributed by atoms with Crippen molar-refractivity contribution >= 4 is 0 Å². The summed E-state index contributed by atoms with van der Waals surface area (Å²) in [7, 11) is 0. The molecule has 0 aromatic heterocycles. The molecule has 5 nitrogen and oxygen atoms in total. The average Bonchev–Trinajstić information content (AvgIpc) is 0.650. The van der Waals surface area contributed by atoms with Gasteiger partial charge in [0.05, 0.1) is 0 Å². The Morgan fingerprint density at radius 1 is 0.875 bits per heavy atom. The molecule has 8 heteroatoms. The van der Waals surface area contributed by atoms with Crippen LogP contribution in [-0.4, -0.2) is 0 Å². The molecule has 0 rings (SSSR count). The molecule has 0 aliphatic carbocycles. The van der Waals surface area contributed by atoms with E-state index in [0.29, 0.717) is 0 Å². The van der Waals surface area contributed by atoms with E-state index in [1.54, 1.807) is 0 Å². The van der Waals surface area contributed by atoms with Gasteiger partial charge in [0, 0.05) is 0 Å². The summed E-state index contributed by atoms with van der Waals surface area (Å²) in [4.78, 5) is 0.